The number of Topliss-reactive ketones (excluding diaryl/α,β-unsaturated/α-hetero) is 1. The highest BCUT2D eigenvalue weighted by molar-refractivity contribution is 5.97. The molecule has 4 nitrogen and oxygen atoms in total. The van der Waals surface area contributed by atoms with E-state index in [-0.39, 0.29) is 11.9 Å². The third kappa shape index (κ3) is 3.31. The molecule has 0 aromatic heterocycles. The van der Waals surface area contributed by atoms with Crippen molar-refractivity contribution >= 4 is 5.78 Å². The van der Waals surface area contributed by atoms with Crippen molar-refractivity contribution in [3.05, 3.63) is 29.8 Å². The van der Waals surface area contributed by atoms with Crippen molar-refractivity contribution in [1.82, 2.24) is 4.90 Å². The van der Waals surface area contributed by atoms with Crippen molar-refractivity contribution in [2.45, 2.75) is 13.0 Å². The van der Waals surface area contributed by atoms with Crippen molar-refractivity contribution in [2.75, 3.05) is 33.4 Å². The van der Waals surface area contributed by atoms with E-state index in [1.165, 1.54) is 0 Å². The molecule has 1 saturated heterocycles. The summed E-state index contributed by atoms with van der Waals surface area (Å²) >= 11 is 0. The second-order valence-electron chi connectivity index (χ2n) is 4.57. The van der Waals surface area contributed by atoms with Gasteiger partial charge in [0.25, 0.3) is 0 Å². The van der Waals surface area contributed by atoms with Crippen molar-refractivity contribution in [3.8, 4) is 5.75 Å². The maximum atomic E-state index is 12.1. The average Bonchev–Trinajstić information content (AvgIpc) is 2.39. The van der Waals surface area contributed by atoms with Crippen LogP contribution >= 0.6 is 0 Å². The number of ketones is 1. The molecular weight excluding hydrogens is 230 g/mol. The molecule has 0 spiro atoms. The van der Waals surface area contributed by atoms with Gasteiger partial charge in [0, 0.05) is 18.7 Å². The van der Waals surface area contributed by atoms with Gasteiger partial charge in [-0.1, -0.05) is 0 Å². The molecule has 0 amide bonds. The number of carbonyl (C=O) groups is 1. The summed E-state index contributed by atoms with van der Waals surface area (Å²) in [4.78, 5) is 14.2. The SMILES string of the molecule is COc1ccc(C(=O)CN2CCOC(C)C2)cc1. The number of morpholine rings is 1. The van der Waals surface area contributed by atoms with Gasteiger partial charge in [0.05, 0.1) is 26.4 Å². The number of rotatable bonds is 4. The van der Waals surface area contributed by atoms with Crippen LogP contribution in [0.2, 0.25) is 0 Å². The van der Waals surface area contributed by atoms with Gasteiger partial charge in [-0.2, -0.15) is 0 Å². The predicted octanol–water partition coefficient (Wildman–Crippen LogP) is 1.60. The second-order valence-corrected chi connectivity index (χ2v) is 4.57. The van der Waals surface area contributed by atoms with E-state index in [2.05, 4.69) is 4.90 Å². The lowest BCUT2D eigenvalue weighted by Gasteiger charge is -2.30. The van der Waals surface area contributed by atoms with Crippen LogP contribution in [0.1, 0.15) is 17.3 Å². The molecule has 2 rings (SSSR count). The Morgan fingerprint density at radius 1 is 1.44 bits per heavy atom. The lowest BCUT2D eigenvalue weighted by Crippen LogP contribution is -2.43. The van der Waals surface area contributed by atoms with Crippen LogP contribution in [0.15, 0.2) is 24.3 Å². The van der Waals surface area contributed by atoms with E-state index >= 15 is 0 Å². The molecule has 98 valence electrons. The minimum atomic E-state index is 0.145. The lowest BCUT2D eigenvalue weighted by molar-refractivity contribution is -0.0158. The van der Waals surface area contributed by atoms with Crippen molar-refractivity contribution in [3.63, 3.8) is 0 Å². The second kappa shape index (κ2) is 5.98. The van der Waals surface area contributed by atoms with Gasteiger partial charge >= 0.3 is 0 Å². The molecule has 1 aromatic rings. The molecule has 1 aliphatic rings. The topological polar surface area (TPSA) is 38.8 Å². The molecule has 1 atom stereocenters. The number of hydrogen-bond donors (Lipinski definition) is 0. The standard InChI is InChI=1S/C14H19NO3/c1-11-9-15(7-8-18-11)10-14(16)12-3-5-13(17-2)6-4-12/h3-6,11H,7-10H2,1-2H3. The Morgan fingerprint density at radius 3 is 2.78 bits per heavy atom. The van der Waals surface area contributed by atoms with Gasteiger partial charge in [0.15, 0.2) is 5.78 Å². The molecule has 0 aliphatic carbocycles. The molecule has 4 heteroatoms. The van der Waals surface area contributed by atoms with Crippen LogP contribution < -0.4 is 4.74 Å². The molecule has 1 heterocycles. The van der Waals surface area contributed by atoms with Gasteiger partial charge in [-0.05, 0) is 31.2 Å². The van der Waals surface area contributed by atoms with Gasteiger partial charge in [-0.25, -0.2) is 0 Å². The quantitative estimate of drug-likeness (QED) is 0.760. The predicted molar refractivity (Wildman–Crippen MR) is 69.2 cm³/mol. The van der Waals surface area contributed by atoms with E-state index in [0.717, 1.165) is 24.4 Å². The van der Waals surface area contributed by atoms with Gasteiger partial charge < -0.3 is 9.47 Å². The molecule has 1 fully saturated rings. The lowest BCUT2D eigenvalue weighted by atomic mass is 10.1. The van der Waals surface area contributed by atoms with Crippen molar-refractivity contribution in [2.24, 2.45) is 0 Å². The first-order valence-electron chi connectivity index (χ1n) is 6.20. The maximum Gasteiger partial charge on any atom is 0.176 e. The number of carbonyl (C=O) groups excluding carboxylic acids is 1. The van der Waals surface area contributed by atoms with Crippen LogP contribution in [0.5, 0.6) is 5.75 Å². The van der Waals surface area contributed by atoms with Gasteiger partial charge in [-0.3, -0.25) is 9.69 Å². The minimum absolute atomic E-state index is 0.145. The summed E-state index contributed by atoms with van der Waals surface area (Å²) < 4.78 is 10.5. The average molecular weight is 249 g/mol. The summed E-state index contributed by atoms with van der Waals surface area (Å²) in [6.07, 6.45) is 0.211. The first kappa shape index (κ1) is 13.1. The van der Waals surface area contributed by atoms with Crippen LogP contribution in [-0.2, 0) is 4.74 Å². The Kier molecular flexibility index (Phi) is 4.33. The number of benzene rings is 1. The molecule has 1 unspecified atom stereocenters. The first-order valence-corrected chi connectivity index (χ1v) is 6.20. The Morgan fingerprint density at radius 2 is 2.17 bits per heavy atom. The molecule has 0 N–H and O–H groups in total. The summed E-state index contributed by atoms with van der Waals surface area (Å²) in [5.74, 6) is 0.915. The summed E-state index contributed by atoms with van der Waals surface area (Å²) in [5, 5.41) is 0. The molecule has 18 heavy (non-hydrogen) atoms. The van der Waals surface area contributed by atoms with Gasteiger partial charge in [0.1, 0.15) is 5.75 Å². The number of methoxy groups -OCH3 is 1. The number of nitrogens with zero attached hydrogens (tertiary/aromatic N) is 1. The fraction of sp³-hybridized carbons (Fsp3) is 0.500. The van der Waals surface area contributed by atoms with E-state index in [4.69, 9.17) is 9.47 Å². The first-order chi connectivity index (χ1) is 8.69. The van der Waals surface area contributed by atoms with E-state index < -0.39 is 0 Å². The van der Waals surface area contributed by atoms with E-state index in [9.17, 15) is 4.79 Å². The fourth-order valence-corrected chi connectivity index (χ4v) is 2.11. The van der Waals surface area contributed by atoms with E-state index in [1.54, 1.807) is 7.11 Å². The highest BCUT2D eigenvalue weighted by Crippen LogP contribution is 2.13. The highest BCUT2D eigenvalue weighted by atomic mass is 16.5. The largest absolute Gasteiger partial charge is 0.497 e. The van der Waals surface area contributed by atoms with Crippen molar-refractivity contribution < 1.29 is 14.3 Å². The smallest absolute Gasteiger partial charge is 0.176 e. The molecule has 1 aromatic carbocycles. The summed E-state index contributed by atoms with van der Waals surface area (Å²) in [7, 11) is 1.62. The zero-order valence-corrected chi connectivity index (χ0v) is 10.9. The van der Waals surface area contributed by atoms with Gasteiger partial charge in [-0.15, -0.1) is 0 Å². The van der Waals surface area contributed by atoms with Crippen LogP contribution in [0.25, 0.3) is 0 Å². The number of hydrogen-bond acceptors (Lipinski definition) is 4. The third-order valence-corrected chi connectivity index (χ3v) is 3.10. The molecule has 0 saturated carbocycles. The normalized spacial score (nSPS) is 20.7. The molecule has 1 aliphatic heterocycles. The summed E-state index contributed by atoms with van der Waals surface area (Å²) in [6, 6.07) is 7.25. The van der Waals surface area contributed by atoms with Crippen LogP contribution in [0, 0.1) is 0 Å². The zero-order valence-electron chi connectivity index (χ0n) is 10.9. The highest BCUT2D eigenvalue weighted by Gasteiger charge is 2.19. The number of ether oxygens (including phenoxy) is 2. The Balaban J connectivity index is 1.94. The fourth-order valence-electron chi connectivity index (χ4n) is 2.11. The zero-order chi connectivity index (χ0) is 13.0. The van der Waals surface area contributed by atoms with Gasteiger partial charge in [0.2, 0.25) is 0 Å². The minimum Gasteiger partial charge on any atom is -0.497 e. The van der Waals surface area contributed by atoms with E-state index in [0.29, 0.717) is 13.2 Å². The monoisotopic (exact) mass is 249 g/mol. The van der Waals surface area contributed by atoms with Crippen LogP contribution in [0.4, 0.5) is 0 Å². The Bertz CT molecular complexity index is 402. The summed E-state index contributed by atoms with van der Waals surface area (Å²) in [5.41, 5.74) is 0.731. The maximum absolute atomic E-state index is 12.1. The van der Waals surface area contributed by atoms with Crippen LogP contribution in [-0.4, -0.2) is 50.1 Å². The van der Waals surface area contributed by atoms with Crippen LogP contribution in [0.3, 0.4) is 0 Å². The Labute approximate surface area is 107 Å². The molecule has 0 bridgehead atoms. The third-order valence-electron chi connectivity index (χ3n) is 3.10. The Hall–Kier alpha value is -1.39. The van der Waals surface area contributed by atoms with Crippen molar-refractivity contribution in [1.29, 1.82) is 0 Å². The molecular formula is C14H19NO3. The summed E-state index contributed by atoms with van der Waals surface area (Å²) in [6.45, 7) is 4.84. The van der Waals surface area contributed by atoms with E-state index in [1.807, 2.05) is 31.2 Å². The molecule has 0 radical (unpaired) electrons.